The van der Waals surface area contributed by atoms with Gasteiger partial charge in [0, 0.05) is 31.0 Å². The van der Waals surface area contributed by atoms with Crippen molar-refractivity contribution in [2.75, 3.05) is 19.8 Å². The zero-order chi connectivity index (χ0) is 18.3. The summed E-state index contributed by atoms with van der Waals surface area (Å²) in [5.41, 5.74) is 0. The lowest BCUT2D eigenvalue weighted by Crippen LogP contribution is -2.56. The molecule has 3 aliphatic rings. The standard InChI is InChI=1S/C17H28O8/c1-7-9-3-12(10(5-19)11(9)6-24-17(7)23)25-13-2-8(4-18)14(20)16(22)15(13)21/h7-16,18-22H,2-6H2,1H3/t7-,8-,9-,10-,11+,12+,13-,14-,15+,16+/m1/s1. The van der Waals surface area contributed by atoms with Crippen LogP contribution in [0.3, 0.4) is 0 Å². The molecule has 0 aromatic carbocycles. The summed E-state index contributed by atoms with van der Waals surface area (Å²) in [6.45, 7) is 1.64. The predicted molar refractivity (Wildman–Crippen MR) is 84.2 cm³/mol. The number of cyclic esters (lactones) is 1. The Labute approximate surface area is 146 Å². The van der Waals surface area contributed by atoms with Gasteiger partial charge in [0.1, 0.15) is 12.2 Å². The fraction of sp³-hybridized carbons (Fsp3) is 0.941. The molecular weight excluding hydrogens is 332 g/mol. The summed E-state index contributed by atoms with van der Waals surface area (Å²) in [7, 11) is 0. The van der Waals surface area contributed by atoms with Gasteiger partial charge in [0.25, 0.3) is 0 Å². The largest absolute Gasteiger partial charge is 0.465 e. The van der Waals surface area contributed by atoms with Crippen molar-refractivity contribution in [2.45, 2.75) is 50.3 Å². The van der Waals surface area contributed by atoms with Crippen molar-refractivity contribution in [3.05, 3.63) is 0 Å². The number of rotatable bonds is 4. The third-order valence-corrected chi connectivity index (χ3v) is 6.41. The quantitative estimate of drug-likeness (QED) is 0.373. The lowest BCUT2D eigenvalue weighted by molar-refractivity contribution is -0.195. The molecule has 0 amide bonds. The first-order chi connectivity index (χ1) is 11.9. The highest BCUT2D eigenvalue weighted by molar-refractivity contribution is 5.73. The molecule has 1 aliphatic heterocycles. The number of carbonyl (C=O) groups is 1. The maximum absolute atomic E-state index is 11.8. The van der Waals surface area contributed by atoms with E-state index >= 15 is 0 Å². The van der Waals surface area contributed by atoms with Crippen LogP contribution in [0.1, 0.15) is 19.8 Å². The number of hydrogen-bond donors (Lipinski definition) is 5. The Balaban J connectivity index is 1.72. The molecule has 1 saturated heterocycles. The normalized spacial score (nSPS) is 50.4. The summed E-state index contributed by atoms with van der Waals surface area (Å²) < 4.78 is 11.2. The number of carbonyl (C=O) groups excluding carboxylic acids is 1. The average Bonchev–Trinajstić information content (AvgIpc) is 2.96. The predicted octanol–water partition coefficient (Wildman–Crippen LogP) is -1.73. The van der Waals surface area contributed by atoms with Gasteiger partial charge in [-0.05, 0) is 18.8 Å². The van der Waals surface area contributed by atoms with E-state index in [1.54, 1.807) is 0 Å². The molecule has 3 fully saturated rings. The van der Waals surface area contributed by atoms with Crippen LogP contribution in [-0.2, 0) is 14.3 Å². The van der Waals surface area contributed by atoms with E-state index < -0.39 is 30.3 Å². The SMILES string of the molecule is C[C@H]1C(=O)OC[C@@H]2[C@@H](CO)[C@@H](O[C@@H]3C[C@H](CO)[C@@H](O)[C@H](O)[C@H]3O)C[C@@H]21. The lowest BCUT2D eigenvalue weighted by atomic mass is 9.80. The molecule has 0 spiro atoms. The molecule has 5 N–H and O–H groups in total. The fourth-order valence-corrected chi connectivity index (χ4v) is 4.75. The van der Waals surface area contributed by atoms with Crippen molar-refractivity contribution in [3.8, 4) is 0 Å². The van der Waals surface area contributed by atoms with Gasteiger partial charge in [-0.2, -0.15) is 0 Å². The van der Waals surface area contributed by atoms with Gasteiger partial charge in [-0.1, -0.05) is 6.92 Å². The smallest absolute Gasteiger partial charge is 0.308 e. The van der Waals surface area contributed by atoms with Gasteiger partial charge in [-0.25, -0.2) is 0 Å². The zero-order valence-corrected chi connectivity index (χ0v) is 14.3. The summed E-state index contributed by atoms with van der Waals surface area (Å²) >= 11 is 0. The van der Waals surface area contributed by atoms with Crippen LogP contribution >= 0.6 is 0 Å². The van der Waals surface area contributed by atoms with Gasteiger partial charge in [0.15, 0.2) is 0 Å². The van der Waals surface area contributed by atoms with E-state index in [1.165, 1.54) is 0 Å². The van der Waals surface area contributed by atoms with Crippen molar-refractivity contribution in [1.82, 2.24) is 0 Å². The fourth-order valence-electron chi connectivity index (χ4n) is 4.75. The zero-order valence-electron chi connectivity index (χ0n) is 14.3. The second-order valence-electron chi connectivity index (χ2n) is 7.69. The Morgan fingerprint density at radius 3 is 2.36 bits per heavy atom. The van der Waals surface area contributed by atoms with Crippen molar-refractivity contribution in [3.63, 3.8) is 0 Å². The minimum atomic E-state index is -1.39. The number of hydrogen-bond acceptors (Lipinski definition) is 8. The first kappa shape index (κ1) is 19.0. The topological polar surface area (TPSA) is 137 Å². The third-order valence-electron chi connectivity index (χ3n) is 6.41. The van der Waals surface area contributed by atoms with E-state index in [1.807, 2.05) is 6.92 Å². The van der Waals surface area contributed by atoms with E-state index in [2.05, 4.69) is 0 Å². The molecule has 0 unspecified atom stereocenters. The maximum atomic E-state index is 11.8. The van der Waals surface area contributed by atoms with E-state index in [-0.39, 0.29) is 62.0 Å². The van der Waals surface area contributed by atoms with Crippen LogP contribution in [0.2, 0.25) is 0 Å². The molecule has 8 nitrogen and oxygen atoms in total. The number of aliphatic hydroxyl groups excluding tert-OH is 5. The van der Waals surface area contributed by atoms with E-state index in [0.717, 1.165) is 0 Å². The highest BCUT2D eigenvalue weighted by Crippen LogP contribution is 2.46. The van der Waals surface area contributed by atoms with Crippen LogP contribution < -0.4 is 0 Å². The van der Waals surface area contributed by atoms with Gasteiger partial charge in [-0.15, -0.1) is 0 Å². The molecule has 3 rings (SSSR count). The molecule has 10 atom stereocenters. The number of aliphatic hydroxyl groups is 5. The van der Waals surface area contributed by atoms with Gasteiger partial charge in [-0.3, -0.25) is 4.79 Å². The number of esters is 1. The van der Waals surface area contributed by atoms with Gasteiger partial charge in [0.2, 0.25) is 0 Å². The molecule has 1 heterocycles. The Morgan fingerprint density at radius 2 is 1.72 bits per heavy atom. The molecule has 8 heteroatoms. The lowest BCUT2D eigenvalue weighted by Gasteiger charge is -2.41. The highest BCUT2D eigenvalue weighted by atomic mass is 16.5. The minimum Gasteiger partial charge on any atom is -0.465 e. The number of fused-ring (bicyclic) bond motifs is 1. The first-order valence-corrected chi connectivity index (χ1v) is 8.97. The molecular formula is C17H28O8. The Kier molecular flexibility index (Phi) is 5.67. The minimum absolute atomic E-state index is 0.00702. The van der Waals surface area contributed by atoms with Crippen LogP contribution in [-0.4, -0.2) is 81.8 Å². The van der Waals surface area contributed by atoms with Crippen LogP contribution in [0.15, 0.2) is 0 Å². The van der Waals surface area contributed by atoms with Crippen molar-refractivity contribution >= 4 is 5.97 Å². The monoisotopic (exact) mass is 360 g/mol. The maximum Gasteiger partial charge on any atom is 0.308 e. The summed E-state index contributed by atoms with van der Waals surface area (Å²) in [5, 5.41) is 49.3. The van der Waals surface area contributed by atoms with Gasteiger partial charge in [0.05, 0.1) is 30.8 Å². The average molecular weight is 360 g/mol. The highest BCUT2D eigenvalue weighted by Gasteiger charge is 2.52. The van der Waals surface area contributed by atoms with Gasteiger partial charge < -0.3 is 35.0 Å². The van der Waals surface area contributed by atoms with Crippen molar-refractivity contribution in [1.29, 1.82) is 0 Å². The van der Waals surface area contributed by atoms with Crippen molar-refractivity contribution < 1.29 is 39.8 Å². The molecule has 2 saturated carbocycles. The van der Waals surface area contributed by atoms with E-state index in [0.29, 0.717) is 6.42 Å². The summed E-state index contributed by atoms with van der Waals surface area (Å²) in [4.78, 5) is 11.8. The van der Waals surface area contributed by atoms with Crippen LogP contribution in [0.4, 0.5) is 0 Å². The molecule has 0 radical (unpaired) electrons. The Bertz CT molecular complexity index is 483. The molecule has 2 aliphatic carbocycles. The van der Waals surface area contributed by atoms with Crippen LogP contribution in [0.5, 0.6) is 0 Å². The molecule has 25 heavy (non-hydrogen) atoms. The Morgan fingerprint density at radius 1 is 1.00 bits per heavy atom. The third kappa shape index (κ3) is 3.31. The second-order valence-corrected chi connectivity index (χ2v) is 7.69. The summed E-state index contributed by atoms with van der Waals surface area (Å²) in [6.07, 6.45) is -4.21. The van der Waals surface area contributed by atoms with E-state index in [4.69, 9.17) is 9.47 Å². The Hall–Kier alpha value is -0.770. The summed E-state index contributed by atoms with van der Waals surface area (Å²) in [5.74, 6) is -1.25. The van der Waals surface area contributed by atoms with E-state index in [9.17, 15) is 30.3 Å². The van der Waals surface area contributed by atoms with Crippen molar-refractivity contribution in [2.24, 2.45) is 29.6 Å². The molecule has 0 aromatic rings. The van der Waals surface area contributed by atoms with Gasteiger partial charge >= 0.3 is 5.97 Å². The molecule has 0 aromatic heterocycles. The van der Waals surface area contributed by atoms with Crippen LogP contribution in [0, 0.1) is 29.6 Å². The first-order valence-electron chi connectivity index (χ1n) is 8.97. The molecule has 0 bridgehead atoms. The second kappa shape index (κ2) is 7.46. The van der Waals surface area contributed by atoms with Crippen LogP contribution in [0.25, 0.3) is 0 Å². The molecule has 144 valence electrons. The number of ether oxygens (including phenoxy) is 2. The summed E-state index contributed by atoms with van der Waals surface area (Å²) in [6, 6.07) is 0.